The number of ether oxygens (including phenoxy) is 1. The lowest BCUT2D eigenvalue weighted by molar-refractivity contribution is 0.0517. The van der Waals surface area contributed by atoms with Crippen LogP contribution in [0.1, 0.15) is 45.4 Å². The molecule has 1 heterocycles. The highest BCUT2D eigenvalue weighted by Gasteiger charge is 2.22. The van der Waals surface area contributed by atoms with E-state index >= 15 is 0 Å². The van der Waals surface area contributed by atoms with Crippen molar-refractivity contribution in [2.45, 2.75) is 57.7 Å². The number of hydrogen-bond donors (Lipinski definition) is 1. The van der Waals surface area contributed by atoms with Crippen LogP contribution in [0.4, 0.5) is 0 Å². The van der Waals surface area contributed by atoms with Gasteiger partial charge < -0.3 is 9.84 Å². The van der Waals surface area contributed by atoms with Gasteiger partial charge in [0.25, 0.3) is 0 Å². The van der Waals surface area contributed by atoms with E-state index in [1.54, 1.807) is 0 Å². The molecule has 0 aromatic rings. The zero-order chi connectivity index (χ0) is 12.1. The molecule has 2 fully saturated rings. The first-order valence-electron chi connectivity index (χ1n) is 7.26. The Balaban J connectivity index is 1.70. The summed E-state index contributed by atoms with van der Waals surface area (Å²) < 4.78 is 5.62. The molecule has 2 unspecified atom stereocenters. The van der Waals surface area contributed by atoms with Crippen LogP contribution in [0.25, 0.3) is 0 Å². The van der Waals surface area contributed by atoms with Crippen molar-refractivity contribution in [3.05, 3.63) is 0 Å². The molecule has 1 aliphatic heterocycles. The molecule has 17 heavy (non-hydrogen) atoms. The molecule has 0 spiro atoms. The lowest BCUT2D eigenvalue weighted by Gasteiger charge is -2.25. The van der Waals surface area contributed by atoms with Crippen molar-refractivity contribution in [2.24, 2.45) is 5.92 Å². The third-order valence-corrected chi connectivity index (χ3v) is 4.09. The normalized spacial score (nSPS) is 30.4. The fourth-order valence-electron chi connectivity index (χ4n) is 3.25. The van der Waals surface area contributed by atoms with Crippen molar-refractivity contribution >= 4 is 0 Å². The number of nitrogens with zero attached hydrogens (tertiary/aromatic N) is 1. The van der Waals surface area contributed by atoms with Crippen LogP contribution in [-0.4, -0.2) is 48.5 Å². The Morgan fingerprint density at radius 1 is 1.29 bits per heavy atom. The third kappa shape index (κ3) is 4.57. The molecule has 2 atom stereocenters. The first kappa shape index (κ1) is 13.3. The van der Waals surface area contributed by atoms with E-state index < -0.39 is 0 Å². The zero-order valence-corrected chi connectivity index (χ0v) is 11.1. The molecule has 1 aliphatic carbocycles. The molecule has 0 aromatic carbocycles. The van der Waals surface area contributed by atoms with E-state index in [2.05, 4.69) is 11.8 Å². The maximum atomic E-state index is 10.2. The number of aliphatic hydroxyl groups is 1. The summed E-state index contributed by atoms with van der Waals surface area (Å²) in [6.45, 7) is 5.88. The second-order valence-corrected chi connectivity index (χ2v) is 5.83. The van der Waals surface area contributed by atoms with Crippen molar-refractivity contribution < 1.29 is 9.84 Å². The van der Waals surface area contributed by atoms with Gasteiger partial charge in [-0.1, -0.05) is 25.7 Å². The lowest BCUT2D eigenvalue weighted by Crippen LogP contribution is -2.37. The summed E-state index contributed by atoms with van der Waals surface area (Å²) in [5.41, 5.74) is 0. The number of β-amino-alcohol motifs (C(OH)–C–C–N with tert-alkyl or cyclic N) is 1. The Kier molecular flexibility index (Phi) is 5.26. The second-order valence-electron chi connectivity index (χ2n) is 5.83. The topological polar surface area (TPSA) is 32.7 Å². The van der Waals surface area contributed by atoms with Crippen LogP contribution >= 0.6 is 0 Å². The fourth-order valence-corrected chi connectivity index (χ4v) is 3.25. The summed E-state index contributed by atoms with van der Waals surface area (Å²) in [5.74, 6) is 0.783. The van der Waals surface area contributed by atoms with Gasteiger partial charge in [-0.25, -0.2) is 0 Å². The van der Waals surface area contributed by atoms with Crippen LogP contribution in [0.2, 0.25) is 0 Å². The van der Waals surface area contributed by atoms with Crippen molar-refractivity contribution in [2.75, 3.05) is 26.2 Å². The number of aliphatic hydroxyl groups excluding tert-OH is 1. The van der Waals surface area contributed by atoms with Crippen LogP contribution < -0.4 is 0 Å². The summed E-state index contributed by atoms with van der Waals surface area (Å²) >= 11 is 0. The van der Waals surface area contributed by atoms with Gasteiger partial charge in [-0.3, -0.25) is 4.90 Å². The second kappa shape index (κ2) is 6.72. The van der Waals surface area contributed by atoms with Crippen molar-refractivity contribution in [1.82, 2.24) is 4.90 Å². The van der Waals surface area contributed by atoms with E-state index in [4.69, 9.17) is 4.74 Å². The molecular weight excluding hydrogens is 214 g/mol. The van der Waals surface area contributed by atoms with E-state index in [1.165, 1.54) is 25.7 Å². The Morgan fingerprint density at radius 3 is 2.82 bits per heavy atom. The third-order valence-electron chi connectivity index (χ3n) is 4.09. The van der Waals surface area contributed by atoms with Crippen LogP contribution in [0, 0.1) is 5.92 Å². The van der Waals surface area contributed by atoms with Gasteiger partial charge in [-0.15, -0.1) is 0 Å². The van der Waals surface area contributed by atoms with E-state index in [0.717, 1.165) is 45.0 Å². The van der Waals surface area contributed by atoms with E-state index in [0.29, 0.717) is 6.10 Å². The predicted octanol–water partition coefficient (Wildman–Crippen LogP) is 2.04. The van der Waals surface area contributed by atoms with Crippen LogP contribution in [-0.2, 0) is 4.74 Å². The maximum absolute atomic E-state index is 10.2. The minimum atomic E-state index is -0.136. The van der Waals surface area contributed by atoms with E-state index in [1.807, 2.05) is 0 Å². The largest absolute Gasteiger partial charge is 0.392 e. The number of rotatable bonds is 4. The van der Waals surface area contributed by atoms with Gasteiger partial charge in [0.2, 0.25) is 0 Å². The van der Waals surface area contributed by atoms with Gasteiger partial charge in [0, 0.05) is 26.2 Å². The molecule has 0 radical (unpaired) electrons. The molecule has 0 bridgehead atoms. The molecule has 0 amide bonds. The first-order chi connectivity index (χ1) is 8.24. The monoisotopic (exact) mass is 241 g/mol. The summed E-state index contributed by atoms with van der Waals surface area (Å²) in [6, 6.07) is 0. The smallest absolute Gasteiger partial charge is 0.0673 e. The number of hydrogen-bond acceptors (Lipinski definition) is 3. The van der Waals surface area contributed by atoms with Gasteiger partial charge in [0.15, 0.2) is 0 Å². The van der Waals surface area contributed by atoms with Gasteiger partial charge in [0.05, 0.1) is 12.2 Å². The Bertz CT molecular complexity index is 216. The van der Waals surface area contributed by atoms with Crippen molar-refractivity contribution in [3.8, 4) is 0 Å². The molecule has 1 saturated heterocycles. The Morgan fingerprint density at radius 2 is 2.06 bits per heavy atom. The van der Waals surface area contributed by atoms with Crippen LogP contribution in [0.3, 0.4) is 0 Å². The molecule has 2 rings (SSSR count). The zero-order valence-electron chi connectivity index (χ0n) is 11.1. The van der Waals surface area contributed by atoms with Crippen molar-refractivity contribution in [3.63, 3.8) is 0 Å². The highest BCUT2D eigenvalue weighted by atomic mass is 16.5. The average molecular weight is 241 g/mol. The van der Waals surface area contributed by atoms with Gasteiger partial charge in [-0.2, -0.15) is 0 Å². The molecule has 2 aliphatic rings. The standard InChI is InChI=1S/C14H27NO2/c1-12-10-15(7-4-8-17-12)11-14(16)9-13-5-2-3-6-13/h12-14,16H,2-11H2,1H3. The SMILES string of the molecule is CC1CN(CC(O)CC2CCCC2)CCCO1. The highest BCUT2D eigenvalue weighted by molar-refractivity contribution is 4.75. The van der Waals surface area contributed by atoms with E-state index in [-0.39, 0.29) is 6.10 Å². The van der Waals surface area contributed by atoms with Gasteiger partial charge in [0.1, 0.15) is 0 Å². The lowest BCUT2D eigenvalue weighted by atomic mass is 10.00. The highest BCUT2D eigenvalue weighted by Crippen LogP contribution is 2.28. The van der Waals surface area contributed by atoms with Crippen LogP contribution in [0.5, 0.6) is 0 Å². The van der Waals surface area contributed by atoms with Crippen LogP contribution in [0.15, 0.2) is 0 Å². The van der Waals surface area contributed by atoms with E-state index in [9.17, 15) is 5.11 Å². The summed E-state index contributed by atoms with van der Waals surface area (Å²) in [5, 5.41) is 10.2. The summed E-state index contributed by atoms with van der Waals surface area (Å²) in [6.07, 6.45) is 7.68. The van der Waals surface area contributed by atoms with Gasteiger partial charge in [-0.05, 0) is 25.7 Å². The minimum absolute atomic E-state index is 0.136. The van der Waals surface area contributed by atoms with Gasteiger partial charge >= 0.3 is 0 Å². The molecular formula is C14H27NO2. The molecule has 100 valence electrons. The Labute approximate surface area is 105 Å². The first-order valence-corrected chi connectivity index (χ1v) is 7.26. The summed E-state index contributed by atoms with van der Waals surface area (Å²) in [4.78, 5) is 2.37. The molecule has 1 saturated carbocycles. The predicted molar refractivity (Wildman–Crippen MR) is 69.1 cm³/mol. The average Bonchev–Trinajstić information content (AvgIpc) is 2.68. The fraction of sp³-hybridized carbons (Fsp3) is 1.00. The molecule has 3 heteroatoms. The quantitative estimate of drug-likeness (QED) is 0.817. The summed E-state index contributed by atoms with van der Waals surface area (Å²) in [7, 11) is 0. The minimum Gasteiger partial charge on any atom is -0.392 e. The Hall–Kier alpha value is -0.120. The molecule has 3 nitrogen and oxygen atoms in total. The molecule has 0 aromatic heterocycles. The van der Waals surface area contributed by atoms with Crippen molar-refractivity contribution in [1.29, 1.82) is 0 Å². The maximum Gasteiger partial charge on any atom is 0.0673 e. The molecule has 1 N–H and O–H groups in total.